The normalized spacial score (nSPS) is 11.0. The standard InChI is InChI=1S/C24H26N2O5S/c1-4-30-23-8-6-5-7-21(23)25-24(27)16-31-19-11-13-20(14-12-19)32(28,29)26-22-15-17(2)9-10-18(22)3/h5-15,26H,4,16H2,1-3H3,(H,25,27). The maximum absolute atomic E-state index is 12.7. The number of sulfonamides is 1. The minimum atomic E-state index is -3.75. The smallest absolute Gasteiger partial charge is 0.262 e. The molecule has 0 aliphatic rings. The summed E-state index contributed by atoms with van der Waals surface area (Å²) >= 11 is 0. The third-order valence-corrected chi connectivity index (χ3v) is 5.98. The van der Waals surface area contributed by atoms with E-state index in [0.717, 1.165) is 11.1 Å². The van der Waals surface area contributed by atoms with E-state index in [1.165, 1.54) is 24.3 Å². The monoisotopic (exact) mass is 454 g/mol. The number of hydrogen-bond donors (Lipinski definition) is 2. The average molecular weight is 455 g/mol. The molecule has 0 atom stereocenters. The number of carbonyl (C=O) groups is 1. The quantitative estimate of drug-likeness (QED) is 0.496. The Morgan fingerprint density at radius 1 is 0.906 bits per heavy atom. The molecule has 7 nitrogen and oxygen atoms in total. The molecule has 3 rings (SSSR count). The Kier molecular flexibility index (Phi) is 7.37. The molecule has 2 N–H and O–H groups in total. The lowest BCUT2D eigenvalue weighted by Gasteiger charge is -2.13. The molecule has 32 heavy (non-hydrogen) atoms. The second kappa shape index (κ2) is 10.2. The van der Waals surface area contributed by atoms with Crippen LogP contribution in [0.2, 0.25) is 0 Å². The maximum Gasteiger partial charge on any atom is 0.262 e. The number of hydrogen-bond acceptors (Lipinski definition) is 5. The van der Waals surface area contributed by atoms with Gasteiger partial charge in [-0.3, -0.25) is 9.52 Å². The van der Waals surface area contributed by atoms with Crippen LogP contribution in [0.5, 0.6) is 11.5 Å². The van der Waals surface area contributed by atoms with E-state index in [-0.39, 0.29) is 17.4 Å². The molecule has 0 aliphatic heterocycles. The van der Waals surface area contributed by atoms with Crippen molar-refractivity contribution in [3.63, 3.8) is 0 Å². The number of anilines is 2. The van der Waals surface area contributed by atoms with Crippen LogP contribution in [0.25, 0.3) is 0 Å². The van der Waals surface area contributed by atoms with Crippen molar-refractivity contribution < 1.29 is 22.7 Å². The molecule has 0 spiro atoms. The van der Waals surface area contributed by atoms with E-state index in [2.05, 4.69) is 10.0 Å². The highest BCUT2D eigenvalue weighted by Crippen LogP contribution is 2.24. The molecule has 0 fully saturated rings. The number of aryl methyl sites for hydroxylation is 2. The van der Waals surface area contributed by atoms with E-state index in [1.807, 2.05) is 39.0 Å². The largest absolute Gasteiger partial charge is 0.492 e. The van der Waals surface area contributed by atoms with Gasteiger partial charge in [-0.05, 0) is 74.4 Å². The van der Waals surface area contributed by atoms with Gasteiger partial charge in [0.25, 0.3) is 15.9 Å². The number of carbonyl (C=O) groups excluding carboxylic acids is 1. The number of amides is 1. The fraction of sp³-hybridized carbons (Fsp3) is 0.208. The summed E-state index contributed by atoms with van der Waals surface area (Å²) in [6, 6.07) is 18.6. The molecule has 0 bridgehead atoms. The Hall–Kier alpha value is -3.52. The molecule has 0 unspecified atom stereocenters. The molecular formula is C24H26N2O5S. The van der Waals surface area contributed by atoms with Crippen LogP contribution in [0.15, 0.2) is 71.6 Å². The maximum atomic E-state index is 12.7. The summed E-state index contributed by atoms with van der Waals surface area (Å²) in [5.41, 5.74) is 2.88. The second-order valence-electron chi connectivity index (χ2n) is 7.16. The van der Waals surface area contributed by atoms with Crippen LogP contribution in [0.4, 0.5) is 11.4 Å². The predicted octanol–water partition coefficient (Wildman–Crippen LogP) is 4.52. The topological polar surface area (TPSA) is 93.7 Å². The van der Waals surface area contributed by atoms with E-state index in [4.69, 9.17) is 9.47 Å². The summed E-state index contributed by atoms with van der Waals surface area (Å²) in [6.07, 6.45) is 0. The lowest BCUT2D eigenvalue weighted by molar-refractivity contribution is -0.118. The Balaban J connectivity index is 1.61. The van der Waals surface area contributed by atoms with Crippen LogP contribution in [0, 0.1) is 13.8 Å². The molecular weight excluding hydrogens is 428 g/mol. The molecule has 8 heteroatoms. The van der Waals surface area contributed by atoms with Crippen LogP contribution < -0.4 is 19.5 Å². The summed E-state index contributed by atoms with van der Waals surface area (Å²) in [7, 11) is -3.75. The van der Waals surface area contributed by atoms with Crippen LogP contribution in [0.3, 0.4) is 0 Å². The Labute approximate surface area is 188 Å². The van der Waals surface area contributed by atoms with Gasteiger partial charge in [-0.25, -0.2) is 8.42 Å². The lowest BCUT2D eigenvalue weighted by Crippen LogP contribution is -2.20. The zero-order chi connectivity index (χ0) is 23.1. The van der Waals surface area contributed by atoms with Crippen molar-refractivity contribution in [2.75, 3.05) is 23.3 Å². The van der Waals surface area contributed by atoms with E-state index in [1.54, 1.807) is 24.3 Å². The van der Waals surface area contributed by atoms with Gasteiger partial charge in [0.2, 0.25) is 0 Å². The summed E-state index contributed by atoms with van der Waals surface area (Å²) in [5.74, 6) is 0.601. The molecule has 0 heterocycles. The first-order chi connectivity index (χ1) is 15.3. The number of para-hydroxylation sites is 2. The third kappa shape index (κ3) is 6.01. The zero-order valence-corrected chi connectivity index (χ0v) is 19.0. The summed E-state index contributed by atoms with van der Waals surface area (Å²) in [4.78, 5) is 12.3. The van der Waals surface area contributed by atoms with Crippen molar-refractivity contribution in [1.82, 2.24) is 0 Å². The van der Waals surface area contributed by atoms with E-state index in [0.29, 0.717) is 29.5 Å². The van der Waals surface area contributed by atoms with Crippen molar-refractivity contribution in [3.05, 3.63) is 77.9 Å². The minimum Gasteiger partial charge on any atom is -0.492 e. The van der Waals surface area contributed by atoms with Crippen LogP contribution in [0.1, 0.15) is 18.1 Å². The van der Waals surface area contributed by atoms with Crippen molar-refractivity contribution in [3.8, 4) is 11.5 Å². The predicted molar refractivity (Wildman–Crippen MR) is 125 cm³/mol. The average Bonchev–Trinajstić information content (AvgIpc) is 2.76. The van der Waals surface area contributed by atoms with Crippen molar-refractivity contribution in [2.45, 2.75) is 25.7 Å². The molecule has 0 saturated heterocycles. The molecule has 0 saturated carbocycles. The molecule has 0 radical (unpaired) electrons. The van der Waals surface area contributed by atoms with Gasteiger partial charge >= 0.3 is 0 Å². The number of ether oxygens (including phenoxy) is 2. The molecule has 1 amide bonds. The van der Waals surface area contributed by atoms with Gasteiger partial charge in [0, 0.05) is 0 Å². The zero-order valence-electron chi connectivity index (χ0n) is 18.2. The Bertz CT molecular complexity index is 1190. The first-order valence-electron chi connectivity index (χ1n) is 10.1. The van der Waals surface area contributed by atoms with Gasteiger partial charge in [0.1, 0.15) is 11.5 Å². The molecule has 0 aromatic heterocycles. The Morgan fingerprint density at radius 3 is 2.34 bits per heavy atom. The van der Waals surface area contributed by atoms with E-state index >= 15 is 0 Å². The van der Waals surface area contributed by atoms with Crippen LogP contribution in [-0.2, 0) is 14.8 Å². The minimum absolute atomic E-state index is 0.0980. The molecule has 168 valence electrons. The Morgan fingerprint density at radius 2 is 1.62 bits per heavy atom. The fourth-order valence-corrected chi connectivity index (χ4v) is 4.07. The van der Waals surface area contributed by atoms with Crippen molar-refractivity contribution in [1.29, 1.82) is 0 Å². The van der Waals surface area contributed by atoms with Crippen molar-refractivity contribution in [2.24, 2.45) is 0 Å². The first-order valence-corrected chi connectivity index (χ1v) is 11.6. The summed E-state index contributed by atoms with van der Waals surface area (Å²) < 4.78 is 39.0. The highest BCUT2D eigenvalue weighted by molar-refractivity contribution is 7.92. The molecule has 3 aromatic carbocycles. The van der Waals surface area contributed by atoms with Gasteiger partial charge in [-0.1, -0.05) is 24.3 Å². The van der Waals surface area contributed by atoms with E-state index in [9.17, 15) is 13.2 Å². The highest BCUT2D eigenvalue weighted by atomic mass is 32.2. The van der Waals surface area contributed by atoms with Gasteiger partial charge in [-0.2, -0.15) is 0 Å². The number of benzene rings is 3. The summed E-state index contributed by atoms with van der Waals surface area (Å²) in [5, 5.41) is 2.74. The number of nitrogens with one attached hydrogen (secondary N) is 2. The lowest BCUT2D eigenvalue weighted by atomic mass is 10.1. The number of rotatable bonds is 9. The summed E-state index contributed by atoms with van der Waals surface area (Å²) in [6.45, 7) is 5.86. The van der Waals surface area contributed by atoms with Gasteiger partial charge in [0.15, 0.2) is 6.61 Å². The van der Waals surface area contributed by atoms with Gasteiger partial charge < -0.3 is 14.8 Å². The van der Waals surface area contributed by atoms with Gasteiger partial charge in [-0.15, -0.1) is 0 Å². The SMILES string of the molecule is CCOc1ccccc1NC(=O)COc1ccc(S(=O)(=O)Nc2cc(C)ccc2C)cc1. The van der Waals surface area contributed by atoms with Crippen LogP contribution in [-0.4, -0.2) is 27.5 Å². The van der Waals surface area contributed by atoms with Gasteiger partial charge in [0.05, 0.1) is 22.9 Å². The molecule has 3 aromatic rings. The third-order valence-electron chi connectivity index (χ3n) is 4.60. The highest BCUT2D eigenvalue weighted by Gasteiger charge is 2.16. The first kappa shape index (κ1) is 23.1. The van der Waals surface area contributed by atoms with E-state index < -0.39 is 10.0 Å². The molecule has 0 aliphatic carbocycles. The van der Waals surface area contributed by atoms with Crippen molar-refractivity contribution >= 4 is 27.3 Å². The fourth-order valence-electron chi connectivity index (χ4n) is 2.95. The second-order valence-corrected chi connectivity index (χ2v) is 8.84. The van der Waals surface area contributed by atoms with Crippen LogP contribution >= 0.6 is 0 Å².